The quantitative estimate of drug-likeness (QED) is 0.369. The number of hydrogen-bond acceptors (Lipinski definition) is 4. The van der Waals surface area contributed by atoms with Gasteiger partial charge in [0.25, 0.3) is 0 Å². The molecular formula is C29H29F6N3O3. The lowest BCUT2D eigenvalue weighted by Gasteiger charge is -2.26. The fourth-order valence-electron chi connectivity index (χ4n) is 5.22. The van der Waals surface area contributed by atoms with Gasteiger partial charge in [-0.2, -0.15) is 26.3 Å². The zero-order valence-electron chi connectivity index (χ0n) is 21.9. The number of amides is 2. The van der Waals surface area contributed by atoms with Crippen molar-refractivity contribution in [2.45, 2.75) is 69.4 Å². The van der Waals surface area contributed by atoms with Crippen LogP contribution in [0.15, 0.2) is 53.5 Å². The zero-order valence-corrected chi connectivity index (χ0v) is 21.9. The van der Waals surface area contributed by atoms with Gasteiger partial charge in [-0.05, 0) is 42.7 Å². The van der Waals surface area contributed by atoms with Gasteiger partial charge in [-0.15, -0.1) is 0 Å². The van der Waals surface area contributed by atoms with Crippen molar-refractivity contribution in [1.82, 2.24) is 5.32 Å². The lowest BCUT2D eigenvalue weighted by atomic mass is 9.83. The number of carbonyl (C=O) groups is 3. The van der Waals surface area contributed by atoms with E-state index in [1.807, 2.05) is 12.1 Å². The Bertz CT molecular complexity index is 1320. The molecule has 220 valence electrons. The maximum atomic E-state index is 13.4. The summed E-state index contributed by atoms with van der Waals surface area (Å²) in [7, 11) is 0. The summed E-state index contributed by atoms with van der Waals surface area (Å²) in [6.07, 6.45) is -14.2. The molecule has 2 aliphatic rings. The molecule has 0 aromatic heterocycles. The normalized spacial score (nSPS) is 19.0. The molecule has 1 fully saturated rings. The minimum atomic E-state index is -4.75. The largest absolute Gasteiger partial charge is 0.389 e. The van der Waals surface area contributed by atoms with Gasteiger partial charge >= 0.3 is 12.4 Å². The average molecular weight is 582 g/mol. The van der Waals surface area contributed by atoms with E-state index in [1.54, 1.807) is 36.4 Å². The van der Waals surface area contributed by atoms with E-state index in [9.17, 15) is 40.7 Å². The van der Waals surface area contributed by atoms with Crippen molar-refractivity contribution < 1.29 is 40.7 Å². The topological polar surface area (TPSA) is 102 Å². The van der Waals surface area contributed by atoms with Crippen molar-refractivity contribution in [2.24, 2.45) is 22.6 Å². The highest BCUT2D eigenvalue weighted by atomic mass is 19.4. The summed E-state index contributed by atoms with van der Waals surface area (Å²) in [6.45, 7) is 0. The second-order valence-electron chi connectivity index (χ2n) is 10.5. The summed E-state index contributed by atoms with van der Waals surface area (Å²) in [5.41, 5.74) is 8.69. The number of halogens is 6. The Morgan fingerprint density at radius 1 is 0.902 bits per heavy atom. The number of ketones is 1. The molecule has 0 unspecified atom stereocenters. The second-order valence-corrected chi connectivity index (χ2v) is 10.5. The van der Waals surface area contributed by atoms with Crippen LogP contribution in [-0.4, -0.2) is 41.8 Å². The van der Waals surface area contributed by atoms with Crippen LogP contribution in [0.4, 0.5) is 26.3 Å². The number of benzene rings is 2. The Kier molecular flexibility index (Phi) is 8.89. The number of nitrogens with two attached hydrogens (primary N) is 1. The first kappa shape index (κ1) is 30.3. The van der Waals surface area contributed by atoms with E-state index in [-0.39, 0.29) is 12.3 Å². The molecule has 0 spiro atoms. The summed E-state index contributed by atoms with van der Waals surface area (Å²) in [6, 6.07) is 14.4. The monoisotopic (exact) mass is 581 g/mol. The molecule has 12 heteroatoms. The van der Waals surface area contributed by atoms with Crippen LogP contribution < -0.4 is 11.1 Å². The van der Waals surface area contributed by atoms with Gasteiger partial charge in [-0.3, -0.25) is 19.4 Å². The molecule has 0 saturated heterocycles. The third-order valence-corrected chi connectivity index (χ3v) is 7.39. The average Bonchev–Trinajstić information content (AvgIpc) is 3.73. The van der Waals surface area contributed by atoms with Gasteiger partial charge in [0.2, 0.25) is 11.8 Å². The van der Waals surface area contributed by atoms with Gasteiger partial charge in [0.15, 0.2) is 11.9 Å². The van der Waals surface area contributed by atoms with E-state index in [0.29, 0.717) is 16.8 Å². The third-order valence-electron chi connectivity index (χ3n) is 7.39. The molecule has 6 nitrogen and oxygen atoms in total. The first-order valence-electron chi connectivity index (χ1n) is 13.2. The summed E-state index contributed by atoms with van der Waals surface area (Å²) >= 11 is 0. The molecule has 2 aromatic rings. The Hall–Kier alpha value is -3.70. The van der Waals surface area contributed by atoms with E-state index >= 15 is 0 Å². The maximum absolute atomic E-state index is 13.4. The molecular weight excluding hydrogens is 552 g/mol. The molecule has 1 saturated carbocycles. The van der Waals surface area contributed by atoms with Gasteiger partial charge in [0.05, 0.1) is 5.71 Å². The van der Waals surface area contributed by atoms with Gasteiger partial charge in [0, 0.05) is 42.2 Å². The van der Waals surface area contributed by atoms with Crippen LogP contribution >= 0.6 is 0 Å². The van der Waals surface area contributed by atoms with E-state index < -0.39 is 73.6 Å². The van der Waals surface area contributed by atoms with Crippen molar-refractivity contribution in [3.8, 4) is 0 Å². The fourth-order valence-corrected chi connectivity index (χ4v) is 5.22. The van der Waals surface area contributed by atoms with Crippen molar-refractivity contribution in [3.05, 3.63) is 70.8 Å². The number of aliphatic imine (C=N–C) groups is 1. The smallest absolute Gasteiger partial charge is 0.369 e. The third kappa shape index (κ3) is 7.95. The predicted molar refractivity (Wildman–Crippen MR) is 138 cm³/mol. The summed E-state index contributed by atoms with van der Waals surface area (Å²) in [5.74, 6) is -6.48. The summed E-state index contributed by atoms with van der Waals surface area (Å²) < 4.78 is 78.0. The molecule has 0 bridgehead atoms. The van der Waals surface area contributed by atoms with Crippen molar-refractivity contribution in [1.29, 1.82) is 0 Å². The highest BCUT2D eigenvalue weighted by molar-refractivity contribution is 6.16. The van der Waals surface area contributed by atoms with Crippen LogP contribution in [0.1, 0.15) is 66.7 Å². The number of alkyl halides is 6. The minimum absolute atomic E-state index is 0.118. The molecule has 1 aliphatic carbocycles. The number of carbonyl (C=O) groups excluding carboxylic acids is 3. The molecule has 4 rings (SSSR count). The summed E-state index contributed by atoms with van der Waals surface area (Å²) in [5, 5.41) is 2.34. The van der Waals surface area contributed by atoms with Gasteiger partial charge < -0.3 is 11.1 Å². The zero-order chi connectivity index (χ0) is 29.9. The number of rotatable bonds is 10. The first-order chi connectivity index (χ1) is 19.2. The SMILES string of the molecule is NC(=O)[C@@H](CCC(F)(F)F)[C@@H](CCC(F)(F)F)C(=O)N[C@H]1N=C(c2ccccc2)c2cccc(C3CC3)c2CC1=O. The van der Waals surface area contributed by atoms with Crippen LogP contribution in [0.25, 0.3) is 0 Å². The molecule has 2 aromatic carbocycles. The van der Waals surface area contributed by atoms with Crippen LogP contribution in [0, 0.1) is 11.8 Å². The summed E-state index contributed by atoms with van der Waals surface area (Å²) in [4.78, 5) is 43.4. The molecule has 41 heavy (non-hydrogen) atoms. The minimum Gasteiger partial charge on any atom is -0.369 e. The molecule has 1 heterocycles. The number of primary amides is 1. The van der Waals surface area contributed by atoms with Crippen molar-refractivity contribution in [3.63, 3.8) is 0 Å². The standard InChI is InChI=1S/C29H29F6N3O3/c30-28(31,32)13-11-20(25(36)40)21(12-14-29(33,34)35)27(41)38-26-23(39)15-22-18(16-9-10-16)7-4-8-19(22)24(37-26)17-5-2-1-3-6-17/h1-8,16,20-21,26H,9-15H2,(H2,36,40)(H,38,41)/t20-,21+,26+/m0/s1. The molecule has 1 aliphatic heterocycles. The van der Waals surface area contributed by atoms with Crippen LogP contribution in [0.5, 0.6) is 0 Å². The highest BCUT2D eigenvalue weighted by Gasteiger charge is 2.41. The predicted octanol–water partition coefficient (Wildman–Crippen LogP) is 5.37. The fraction of sp³-hybridized carbons (Fsp3) is 0.448. The molecule has 3 N–H and O–H groups in total. The number of fused-ring (bicyclic) bond motifs is 1. The maximum Gasteiger partial charge on any atom is 0.389 e. The van der Waals surface area contributed by atoms with Gasteiger partial charge in [-0.1, -0.05) is 48.5 Å². The van der Waals surface area contributed by atoms with Gasteiger partial charge in [-0.25, -0.2) is 0 Å². The Labute approximate surface area is 232 Å². The van der Waals surface area contributed by atoms with E-state index in [0.717, 1.165) is 24.0 Å². The van der Waals surface area contributed by atoms with E-state index in [4.69, 9.17) is 5.73 Å². The molecule has 0 radical (unpaired) electrons. The van der Waals surface area contributed by atoms with E-state index in [1.165, 1.54) is 0 Å². The Morgan fingerprint density at radius 2 is 1.51 bits per heavy atom. The van der Waals surface area contributed by atoms with E-state index in [2.05, 4.69) is 10.3 Å². The van der Waals surface area contributed by atoms with Crippen LogP contribution in [0.2, 0.25) is 0 Å². The number of nitrogens with zero attached hydrogens (tertiary/aromatic N) is 1. The molecule has 2 amide bonds. The Balaban J connectivity index is 1.69. The number of hydrogen-bond donors (Lipinski definition) is 2. The first-order valence-corrected chi connectivity index (χ1v) is 13.2. The number of nitrogens with one attached hydrogen (secondary N) is 1. The van der Waals surface area contributed by atoms with Crippen LogP contribution in [0.3, 0.4) is 0 Å². The van der Waals surface area contributed by atoms with Gasteiger partial charge in [0.1, 0.15) is 0 Å². The lowest BCUT2D eigenvalue weighted by Crippen LogP contribution is -2.47. The van der Waals surface area contributed by atoms with Crippen molar-refractivity contribution >= 4 is 23.3 Å². The van der Waals surface area contributed by atoms with Crippen molar-refractivity contribution in [2.75, 3.05) is 0 Å². The van der Waals surface area contributed by atoms with Crippen LogP contribution in [-0.2, 0) is 20.8 Å². The second kappa shape index (κ2) is 12.0. The lowest BCUT2D eigenvalue weighted by molar-refractivity contribution is -0.152. The highest BCUT2D eigenvalue weighted by Crippen LogP contribution is 2.43. The number of Topliss-reactive ketones (excluding diaryl/α,β-unsaturated/α-hetero) is 1. The Morgan fingerprint density at radius 3 is 2.07 bits per heavy atom. The molecule has 3 atom stereocenters.